The summed E-state index contributed by atoms with van der Waals surface area (Å²) in [5.41, 5.74) is 6.72. The quantitative estimate of drug-likeness (QED) is 0.487. The molecule has 2 nitrogen and oxygen atoms in total. The monoisotopic (exact) mass is 310 g/mol. The smallest absolute Gasteiger partial charge is 0.0936 e. The summed E-state index contributed by atoms with van der Waals surface area (Å²) in [6.45, 7) is 2.12. The summed E-state index contributed by atoms with van der Waals surface area (Å²) < 4.78 is 2.02. The van der Waals surface area contributed by atoms with Crippen molar-refractivity contribution >= 4 is 0 Å². The van der Waals surface area contributed by atoms with E-state index in [0.29, 0.717) is 0 Å². The minimum Gasteiger partial charge on any atom is -0.232 e. The average molecular weight is 310 g/mol. The van der Waals surface area contributed by atoms with Gasteiger partial charge in [0.15, 0.2) is 0 Å². The van der Waals surface area contributed by atoms with E-state index in [9.17, 15) is 0 Å². The van der Waals surface area contributed by atoms with Crippen LogP contribution in [0.3, 0.4) is 0 Å². The predicted octanol–water partition coefficient (Wildman–Crippen LogP) is 5.51. The van der Waals surface area contributed by atoms with Crippen LogP contribution in [0.1, 0.15) is 5.56 Å². The van der Waals surface area contributed by atoms with Crippen LogP contribution in [0.25, 0.3) is 28.2 Å². The molecule has 0 aliphatic carbocycles. The van der Waals surface area contributed by atoms with Gasteiger partial charge in [-0.15, -0.1) is 0 Å². The van der Waals surface area contributed by atoms with Crippen LogP contribution in [0.2, 0.25) is 0 Å². The van der Waals surface area contributed by atoms with Gasteiger partial charge in [0.05, 0.1) is 17.1 Å². The SMILES string of the molecule is Cc1ccccc1-c1cc(-c2ccccc2)n(-c2ccccc2)n1. The zero-order valence-corrected chi connectivity index (χ0v) is 13.6. The maximum absolute atomic E-state index is 4.90. The molecule has 2 heteroatoms. The van der Waals surface area contributed by atoms with E-state index in [1.807, 2.05) is 28.9 Å². The summed E-state index contributed by atoms with van der Waals surface area (Å²) in [5, 5.41) is 4.90. The summed E-state index contributed by atoms with van der Waals surface area (Å²) in [6.07, 6.45) is 0. The fourth-order valence-electron chi connectivity index (χ4n) is 2.95. The van der Waals surface area contributed by atoms with Crippen molar-refractivity contribution in [1.82, 2.24) is 9.78 Å². The highest BCUT2D eigenvalue weighted by Gasteiger charge is 2.13. The molecule has 0 aliphatic rings. The van der Waals surface area contributed by atoms with Crippen LogP contribution in [-0.2, 0) is 0 Å². The summed E-state index contributed by atoms with van der Waals surface area (Å²) in [7, 11) is 0. The molecule has 0 radical (unpaired) electrons. The Hall–Kier alpha value is -3.13. The second-order valence-corrected chi connectivity index (χ2v) is 5.84. The van der Waals surface area contributed by atoms with E-state index in [1.165, 1.54) is 11.1 Å². The van der Waals surface area contributed by atoms with Crippen molar-refractivity contribution in [2.24, 2.45) is 0 Å². The van der Waals surface area contributed by atoms with Crippen molar-refractivity contribution in [3.8, 4) is 28.2 Å². The average Bonchev–Trinajstić information content (AvgIpc) is 3.09. The first-order valence-electron chi connectivity index (χ1n) is 8.10. The maximum Gasteiger partial charge on any atom is 0.0936 e. The molecule has 0 fully saturated rings. The lowest BCUT2D eigenvalue weighted by Crippen LogP contribution is -1.98. The standard InChI is InChI=1S/C22H18N2/c1-17-10-8-9-15-20(17)21-16-22(18-11-4-2-5-12-18)24(23-21)19-13-6-3-7-14-19/h2-16H,1H3. The molecule has 0 N–H and O–H groups in total. The topological polar surface area (TPSA) is 17.8 Å². The van der Waals surface area contributed by atoms with E-state index in [4.69, 9.17) is 5.10 Å². The van der Waals surface area contributed by atoms with Gasteiger partial charge in [-0.1, -0.05) is 72.8 Å². The summed E-state index contributed by atoms with van der Waals surface area (Å²) in [4.78, 5) is 0. The van der Waals surface area contributed by atoms with Gasteiger partial charge in [-0.2, -0.15) is 5.10 Å². The summed E-state index contributed by atoms with van der Waals surface area (Å²) >= 11 is 0. The molecule has 4 rings (SSSR count). The van der Waals surface area contributed by atoms with Crippen LogP contribution in [0, 0.1) is 6.92 Å². The van der Waals surface area contributed by atoms with Gasteiger partial charge in [0.25, 0.3) is 0 Å². The Morgan fingerprint density at radius 2 is 1.33 bits per heavy atom. The van der Waals surface area contributed by atoms with Gasteiger partial charge >= 0.3 is 0 Å². The number of hydrogen-bond donors (Lipinski definition) is 0. The van der Waals surface area contributed by atoms with Crippen molar-refractivity contribution in [2.75, 3.05) is 0 Å². The van der Waals surface area contributed by atoms with Crippen LogP contribution >= 0.6 is 0 Å². The third-order valence-corrected chi connectivity index (χ3v) is 4.20. The molecule has 116 valence electrons. The molecule has 1 heterocycles. The first-order valence-corrected chi connectivity index (χ1v) is 8.10. The van der Waals surface area contributed by atoms with Crippen molar-refractivity contribution in [2.45, 2.75) is 6.92 Å². The first kappa shape index (κ1) is 14.5. The first-order chi connectivity index (χ1) is 11.8. The maximum atomic E-state index is 4.90. The number of rotatable bonds is 3. The molecule has 0 bridgehead atoms. The van der Waals surface area contributed by atoms with E-state index >= 15 is 0 Å². The minimum absolute atomic E-state index is 0.996. The lowest BCUT2D eigenvalue weighted by atomic mass is 10.0. The second-order valence-electron chi connectivity index (χ2n) is 5.84. The number of para-hydroxylation sites is 1. The number of hydrogen-bond acceptors (Lipinski definition) is 1. The Kier molecular flexibility index (Phi) is 3.72. The number of nitrogens with zero attached hydrogens (tertiary/aromatic N) is 2. The lowest BCUT2D eigenvalue weighted by molar-refractivity contribution is 0.891. The van der Waals surface area contributed by atoms with Crippen molar-refractivity contribution in [1.29, 1.82) is 0 Å². The van der Waals surface area contributed by atoms with Gasteiger partial charge in [-0.3, -0.25) is 0 Å². The molecule has 4 aromatic rings. The van der Waals surface area contributed by atoms with Crippen molar-refractivity contribution < 1.29 is 0 Å². The fourth-order valence-corrected chi connectivity index (χ4v) is 2.95. The van der Waals surface area contributed by atoms with E-state index in [1.54, 1.807) is 0 Å². The highest BCUT2D eigenvalue weighted by atomic mass is 15.3. The van der Waals surface area contributed by atoms with Crippen LogP contribution in [-0.4, -0.2) is 9.78 Å². The van der Waals surface area contributed by atoms with Gasteiger partial charge in [0.1, 0.15) is 0 Å². The fraction of sp³-hybridized carbons (Fsp3) is 0.0455. The van der Waals surface area contributed by atoms with Gasteiger partial charge < -0.3 is 0 Å². The predicted molar refractivity (Wildman–Crippen MR) is 99.2 cm³/mol. The minimum atomic E-state index is 0.996. The van der Waals surface area contributed by atoms with E-state index < -0.39 is 0 Å². The molecule has 0 amide bonds. The molecule has 0 unspecified atom stereocenters. The molecule has 1 aromatic heterocycles. The molecule has 3 aromatic carbocycles. The summed E-state index contributed by atoms with van der Waals surface area (Å²) in [5.74, 6) is 0. The highest BCUT2D eigenvalue weighted by molar-refractivity contribution is 5.72. The Balaban J connectivity index is 1.94. The molecule has 0 aliphatic heterocycles. The zero-order valence-electron chi connectivity index (χ0n) is 13.6. The molecule has 0 saturated carbocycles. The Bertz CT molecular complexity index is 897. The van der Waals surface area contributed by atoms with Gasteiger partial charge in [0, 0.05) is 11.1 Å². The lowest BCUT2D eigenvalue weighted by Gasteiger charge is -2.07. The number of aromatic nitrogens is 2. The van der Waals surface area contributed by atoms with Crippen LogP contribution in [0.4, 0.5) is 0 Å². The summed E-state index contributed by atoms with van der Waals surface area (Å²) in [6, 6.07) is 31.2. The molecule has 0 atom stereocenters. The number of benzene rings is 3. The third-order valence-electron chi connectivity index (χ3n) is 4.20. The van der Waals surface area contributed by atoms with E-state index in [-0.39, 0.29) is 0 Å². The Morgan fingerprint density at radius 1 is 0.708 bits per heavy atom. The van der Waals surface area contributed by atoms with Gasteiger partial charge in [-0.05, 0) is 30.7 Å². The second kappa shape index (κ2) is 6.17. The zero-order chi connectivity index (χ0) is 16.4. The molecule has 24 heavy (non-hydrogen) atoms. The molecular formula is C22H18N2. The van der Waals surface area contributed by atoms with Gasteiger partial charge in [0.2, 0.25) is 0 Å². The third kappa shape index (κ3) is 2.63. The van der Waals surface area contributed by atoms with Gasteiger partial charge in [-0.25, -0.2) is 4.68 Å². The molecule has 0 saturated heterocycles. The van der Waals surface area contributed by atoms with Crippen molar-refractivity contribution in [3.63, 3.8) is 0 Å². The Labute approximate surface area is 142 Å². The van der Waals surface area contributed by atoms with E-state index in [0.717, 1.165) is 22.6 Å². The largest absolute Gasteiger partial charge is 0.232 e. The Morgan fingerprint density at radius 3 is 2.04 bits per heavy atom. The van der Waals surface area contributed by atoms with Crippen LogP contribution < -0.4 is 0 Å². The van der Waals surface area contributed by atoms with Crippen LogP contribution in [0.5, 0.6) is 0 Å². The molecule has 0 spiro atoms. The van der Waals surface area contributed by atoms with Crippen LogP contribution in [0.15, 0.2) is 91.0 Å². The van der Waals surface area contributed by atoms with E-state index in [2.05, 4.69) is 73.7 Å². The molecular weight excluding hydrogens is 292 g/mol. The van der Waals surface area contributed by atoms with Crippen molar-refractivity contribution in [3.05, 3.63) is 96.6 Å². The number of aryl methyl sites for hydroxylation is 1. The highest BCUT2D eigenvalue weighted by Crippen LogP contribution is 2.29. The normalized spacial score (nSPS) is 10.7.